The van der Waals surface area contributed by atoms with Crippen LogP contribution >= 0.6 is 0 Å². The largest absolute Gasteiger partial charge is 0.481 e. The van der Waals surface area contributed by atoms with Crippen molar-refractivity contribution in [3.63, 3.8) is 0 Å². The zero-order valence-electron chi connectivity index (χ0n) is 11.6. The van der Waals surface area contributed by atoms with Crippen LogP contribution in [-0.4, -0.2) is 45.1 Å². The van der Waals surface area contributed by atoms with Crippen LogP contribution in [0.3, 0.4) is 0 Å². The molecule has 0 bridgehead atoms. The Morgan fingerprint density at radius 3 is 3.00 bits per heavy atom. The van der Waals surface area contributed by atoms with Crippen LogP contribution in [0.15, 0.2) is 12.4 Å². The molecule has 1 unspecified atom stereocenters. The summed E-state index contributed by atoms with van der Waals surface area (Å²) in [6, 6.07) is -0.236. The number of carboxylic acids is 1. The van der Waals surface area contributed by atoms with E-state index in [0.717, 1.165) is 0 Å². The molecule has 1 saturated heterocycles. The minimum absolute atomic E-state index is 0.236. The monoisotopic (exact) mass is 280 g/mol. The first kappa shape index (κ1) is 14.4. The zero-order chi connectivity index (χ0) is 14.6. The number of imidazole rings is 1. The van der Waals surface area contributed by atoms with Crippen molar-refractivity contribution >= 4 is 12.0 Å². The van der Waals surface area contributed by atoms with Crippen molar-refractivity contribution in [2.24, 2.45) is 5.41 Å². The fraction of sp³-hybridized carbons (Fsp3) is 0.615. The molecule has 0 radical (unpaired) electrons. The number of aromatic nitrogens is 2. The molecule has 2 amide bonds. The number of nitrogens with one attached hydrogen (secondary N) is 2. The lowest BCUT2D eigenvalue weighted by molar-refractivity contribution is -0.152. The van der Waals surface area contributed by atoms with Gasteiger partial charge in [0.2, 0.25) is 0 Å². The Labute approximate surface area is 117 Å². The third-order valence-electron chi connectivity index (χ3n) is 3.96. The fourth-order valence-corrected chi connectivity index (χ4v) is 2.59. The topological polar surface area (TPSA) is 98.3 Å². The third kappa shape index (κ3) is 2.92. The summed E-state index contributed by atoms with van der Waals surface area (Å²) in [5, 5.41) is 12.2. The van der Waals surface area contributed by atoms with Gasteiger partial charge in [0, 0.05) is 25.5 Å². The molecule has 2 rings (SSSR count). The van der Waals surface area contributed by atoms with Crippen molar-refractivity contribution in [3.8, 4) is 0 Å². The van der Waals surface area contributed by atoms with Crippen LogP contribution in [0.25, 0.3) is 0 Å². The molecular formula is C13H20N4O3. The van der Waals surface area contributed by atoms with Gasteiger partial charge in [0.1, 0.15) is 5.82 Å². The van der Waals surface area contributed by atoms with E-state index in [1.165, 1.54) is 0 Å². The standard InChI is InChI=1S/C13H20N4O3/c1-2-13(11(18)19)4-3-7-17(9-13)12(20)16-8-10-14-5-6-15-10/h5-6H,2-4,7-9H2,1H3,(H,14,15)(H,16,20)(H,18,19). The van der Waals surface area contributed by atoms with Crippen LogP contribution < -0.4 is 5.32 Å². The van der Waals surface area contributed by atoms with Gasteiger partial charge in [-0.1, -0.05) is 6.92 Å². The fourth-order valence-electron chi connectivity index (χ4n) is 2.59. The molecule has 0 aliphatic carbocycles. The maximum absolute atomic E-state index is 12.1. The Kier molecular flexibility index (Phi) is 4.26. The minimum atomic E-state index is -0.816. The Bertz CT molecular complexity index is 474. The van der Waals surface area contributed by atoms with Crippen molar-refractivity contribution in [3.05, 3.63) is 18.2 Å². The first-order valence-corrected chi connectivity index (χ1v) is 6.82. The van der Waals surface area contributed by atoms with E-state index in [9.17, 15) is 14.7 Å². The lowest BCUT2D eigenvalue weighted by Crippen LogP contribution is -2.52. The van der Waals surface area contributed by atoms with Crippen molar-refractivity contribution in [2.75, 3.05) is 13.1 Å². The second kappa shape index (κ2) is 5.94. The molecule has 0 saturated carbocycles. The van der Waals surface area contributed by atoms with E-state index < -0.39 is 11.4 Å². The molecule has 1 atom stereocenters. The lowest BCUT2D eigenvalue weighted by atomic mass is 9.78. The summed E-state index contributed by atoms with van der Waals surface area (Å²) in [7, 11) is 0. The SMILES string of the molecule is CCC1(C(=O)O)CCCN(C(=O)NCc2ncc[nH]2)C1. The first-order chi connectivity index (χ1) is 9.57. The second-order valence-corrected chi connectivity index (χ2v) is 5.16. The van der Waals surface area contributed by atoms with E-state index in [0.29, 0.717) is 38.2 Å². The van der Waals surface area contributed by atoms with E-state index in [1.54, 1.807) is 17.3 Å². The van der Waals surface area contributed by atoms with Gasteiger partial charge in [0.15, 0.2) is 0 Å². The molecule has 0 aromatic carbocycles. The molecule has 7 heteroatoms. The average Bonchev–Trinajstić information content (AvgIpc) is 2.97. The van der Waals surface area contributed by atoms with Crippen LogP contribution in [0.1, 0.15) is 32.0 Å². The average molecular weight is 280 g/mol. The van der Waals surface area contributed by atoms with Crippen molar-refractivity contribution in [1.29, 1.82) is 0 Å². The van der Waals surface area contributed by atoms with Crippen LogP contribution in [0.4, 0.5) is 4.79 Å². The van der Waals surface area contributed by atoms with Crippen LogP contribution in [0.5, 0.6) is 0 Å². The number of nitrogens with zero attached hydrogens (tertiary/aromatic N) is 2. The molecule has 1 aliphatic rings. The maximum Gasteiger partial charge on any atom is 0.317 e. The highest BCUT2D eigenvalue weighted by molar-refractivity contribution is 5.78. The van der Waals surface area contributed by atoms with Gasteiger partial charge < -0.3 is 20.3 Å². The molecule has 3 N–H and O–H groups in total. The number of hydrogen-bond acceptors (Lipinski definition) is 3. The number of hydrogen-bond donors (Lipinski definition) is 3. The number of carbonyl (C=O) groups is 2. The van der Waals surface area contributed by atoms with Crippen molar-refractivity contribution < 1.29 is 14.7 Å². The number of amides is 2. The highest BCUT2D eigenvalue weighted by atomic mass is 16.4. The molecular weight excluding hydrogens is 260 g/mol. The number of carbonyl (C=O) groups excluding carboxylic acids is 1. The summed E-state index contributed by atoms with van der Waals surface area (Å²) in [5.74, 6) is -0.140. The number of urea groups is 1. The van der Waals surface area contributed by atoms with Gasteiger partial charge in [0.25, 0.3) is 0 Å². The summed E-state index contributed by atoms with van der Waals surface area (Å²) in [6.07, 6.45) is 5.18. The predicted molar refractivity (Wildman–Crippen MR) is 72.0 cm³/mol. The summed E-state index contributed by atoms with van der Waals surface area (Å²) < 4.78 is 0. The summed E-state index contributed by atoms with van der Waals surface area (Å²) >= 11 is 0. The Morgan fingerprint density at radius 1 is 1.60 bits per heavy atom. The molecule has 7 nitrogen and oxygen atoms in total. The van der Waals surface area contributed by atoms with E-state index in [-0.39, 0.29) is 12.6 Å². The molecule has 110 valence electrons. The Hall–Kier alpha value is -2.05. The number of aliphatic carboxylic acids is 1. The number of rotatable bonds is 4. The number of piperidine rings is 1. The molecule has 2 heterocycles. The molecule has 20 heavy (non-hydrogen) atoms. The van der Waals surface area contributed by atoms with Gasteiger partial charge in [0.05, 0.1) is 12.0 Å². The van der Waals surface area contributed by atoms with Gasteiger partial charge in [-0.2, -0.15) is 0 Å². The Balaban J connectivity index is 1.94. The van der Waals surface area contributed by atoms with Gasteiger partial charge in [-0.25, -0.2) is 9.78 Å². The summed E-state index contributed by atoms with van der Waals surface area (Å²) in [6.45, 7) is 3.04. The number of H-pyrrole nitrogens is 1. The molecule has 1 aromatic rings. The first-order valence-electron chi connectivity index (χ1n) is 6.82. The molecule has 1 aliphatic heterocycles. The van der Waals surface area contributed by atoms with Crippen molar-refractivity contribution in [2.45, 2.75) is 32.7 Å². The lowest BCUT2D eigenvalue weighted by Gasteiger charge is -2.39. The van der Waals surface area contributed by atoms with E-state index in [4.69, 9.17) is 0 Å². The van der Waals surface area contributed by atoms with E-state index in [1.807, 2.05) is 6.92 Å². The molecule has 1 fully saturated rings. The third-order valence-corrected chi connectivity index (χ3v) is 3.96. The van der Waals surface area contributed by atoms with Gasteiger partial charge in [-0.15, -0.1) is 0 Å². The maximum atomic E-state index is 12.1. The van der Waals surface area contributed by atoms with Crippen LogP contribution in [0.2, 0.25) is 0 Å². The molecule has 0 spiro atoms. The number of carboxylic acid groups (broad SMARTS) is 1. The summed E-state index contributed by atoms with van der Waals surface area (Å²) in [5.41, 5.74) is -0.805. The van der Waals surface area contributed by atoms with Crippen LogP contribution in [0, 0.1) is 5.41 Å². The normalized spacial score (nSPS) is 22.6. The highest BCUT2D eigenvalue weighted by Gasteiger charge is 2.42. The van der Waals surface area contributed by atoms with Gasteiger partial charge >= 0.3 is 12.0 Å². The predicted octanol–water partition coefficient (Wildman–Crippen LogP) is 1.20. The van der Waals surface area contributed by atoms with Crippen LogP contribution in [-0.2, 0) is 11.3 Å². The second-order valence-electron chi connectivity index (χ2n) is 5.16. The van der Waals surface area contributed by atoms with Gasteiger partial charge in [-0.3, -0.25) is 4.79 Å². The Morgan fingerprint density at radius 2 is 2.40 bits per heavy atom. The smallest absolute Gasteiger partial charge is 0.317 e. The van der Waals surface area contributed by atoms with Crippen molar-refractivity contribution in [1.82, 2.24) is 20.2 Å². The minimum Gasteiger partial charge on any atom is -0.481 e. The highest BCUT2D eigenvalue weighted by Crippen LogP contribution is 2.33. The zero-order valence-corrected chi connectivity index (χ0v) is 11.6. The number of likely N-dealkylation sites (tertiary alicyclic amines) is 1. The summed E-state index contributed by atoms with van der Waals surface area (Å²) in [4.78, 5) is 32.1. The quantitative estimate of drug-likeness (QED) is 0.771. The molecule has 1 aromatic heterocycles. The van der Waals surface area contributed by atoms with E-state index in [2.05, 4.69) is 15.3 Å². The van der Waals surface area contributed by atoms with Gasteiger partial charge in [-0.05, 0) is 19.3 Å². The number of aromatic amines is 1. The van der Waals surface area contributed by atoms with E-state index >= 15 is 0 Å².